The highest BCUT2D eigenvalue weighted by atomic mass is 16.4. The van der Waals surface area contributed by atoms with Crippen LogP contribution in [0.1, 0.15) is 12.8 Å². The molecule has 116 valence electrons. The lowest BCUT2D eigenvalue weighted by atomic mass is 10.3. The first-order valence-corrected chi connectivity index (χ1v) is 7.04. The Balaban J connectivity index is 2.30. The number of carboxylic acid groups (broad SMARTS) is 2. The molecular weight excluding hydrogens is 262 g/mol. The molecule has 1 aliphatic heterocycles. The second-order valence-electron chi connectivity index (χ2n) is 5.27. The maximum Gasteiger partial charge on any atom is 0.304 e. The summed E-state index contributed by atoms with van der Waals surface area (Å²) in [6.07, 6.45) is 0.116. The molecule has 1 rings (SSSR count). The molecule has 0 aromatic heterocycles. The topological polar surface area (TPSA) is 84.3 Å². The fourth-order valence-corrected chi connectivity index (χ4v) is 2.20. The molecule has 20 heavy (non-hydrogen) atoms. The van der Waals surface area contributed by atoms with E-state index in [4.69, 9.17) is 10.2 Å². The second-order valence-corrected chi connectivity index (χ2v) is 5.27. The molecule has 0 aromatic rings. The molecule has 0 saturated carbocycles. The minimum atomic E-state index is -0.843. The van der Waals surface area contributed by atoms with E-state index in [-0.39, 0.29) is 12.8 Å². The minimum absolute atomic E-state index is 0.0579. The predicted octanol–water partition coefficient (Wildman–Crippen LogP) is -0.515. The largest absolute Gasteiger partial charge is 0.481 e. The van der Waals surface area contributed by atoms with Gasteiger partial charge in [0.25, 0.3) is 0 Å². The van der Waals surface area contributed by atoms with E-state index in [0.717, 1.165) is 39.3 Å². The van der Waals surface area contributed by atoms with Crippen LogP contribution in [0.5, 0.6) is 0 Å². The standard InChI is InChI=1S/C13H25N3O4/c1-14-6-8-16(9-7-14)11-10-15(4-2-12(17)18)5-3-13(19)20/h2-11H2,1H3,(H,17,18)(H,19,20). The predicted molar refractivity (Wildman–Crippen MR) is 74.9 cm³/mol. The van der Waals surface area contributed by atoms with Crippen LogP contribution in [0.15, 0.2) is 0 Å². The lowest BCUT2D eigenvalue weighted by Crippen LogP contribution is -2.47. The highest BCUT2D eigenvalue weighted by Gasteiger charge is 2.15. The molecule has 0 radical (unpaired) electrons. The summed E-state index contributed by atoms with van der Waals surface area (Å²) < 4.78 is 0. The van der Waals surface area contributed by atoms with Crippen molar-refractivity contribution in [2.24, 2.45) is 0 Å². The number of aliphatic carboxylic acids is 2. The fourth-order valence-electron chi connectivity index (χ4n) is 2.20. The van der Waals surface area contributed by atoms with E-state index in [1.54, 1.807) is 0 Å². The fraction of sp³-hybridized carbons (Fsp3) is 0.846. The van der Waals surface area contributed by atoms with Gasteiger partial charge in [-0.1, -0.05) is 0 Å². The van der Waals surface area contributed by atoms with Crippen molar-refractivity contribution in [3.8, 4) is 0 Å². The Kier molecular flexibility index (Phi) is 7.50. The van der Waals surface area contributed by atoms with Crippen LogP contribution in [0.4, 0.5) is 0 Å². The number of hydrogen-bond donors (Lipinski definition) is 2. The highest BCUT2D eigenvalue weighted by Crippen LogP contribution is 2.01. The van der Waals surface area contributed by atoms with Crippen molar-refractivity contribution in [2.75, 3.05) is 59.4 Å². The van der Waals surface area contributed by atoms with Crippen molar-refractivity contribution in [1.82, 2.24) is 14.7 Å². The van der Waals surface area contributed by atoms with E-state index < -0.39 is 11.9 Å². The average Bonchev–Trinajstić information content (AvgIpc) is 2.39. The molecule has 2 N–H and O–H groups in total. The van der Waals surface area contributed by atoms with E-state index in [2.05, 4.69) is 16.8 Å². The van der Waals surface area contributed by atoms with E-state index in [0.29, 0.717) is 13.1 Å². The molecular formula is C13H25N3O4. The summed E-state index contributed by atoms with van der Waals surface area (Å²) in [7, 11) is 2.10. The summed E-state index contributed by atoms with van der Waals surface area (Å²) in [6, 6.07) is 0. The maximum absolute atomic E-state index is 10.6. The van der Waals surface area contributed by atoms with Crippen molar-refractivity contribution < 1.29 is 19.8 Å². The first kappa shape index (κ1) is 16.9. The second kappa shape index (κ2) is 8.89. The van der Waals surface area contributed by atoms with E-state index in [9.17, 15) is 9.59 Å². The zero-order chi connectivity index (χ0) is 15.0. The Labute approximate surface area is 119 Å². The van der Waals surface area contributed by atoms with Crippen LogP contribution in [0, 0.1) is 0 Å². The van der Waals surface area contributed by atoms with Crippen molar-refractivity contribution in [2.45, 2.75) is 12.8 Å². The van der Waals surface area contributed by atoms with Gasteiger partial charge in [0.05, 0.1) is 12.8 Å². The number of piperazine rings is 1. The SMILES string of the molecule is CN1CCN(CCN(CCC(=O)O)CCC(=O)O)CC1. The molecule has 0 amide bonds. The number of carboxylic acids is 2. The number of hydrogen-bond acceptors (Lipinski definition) is 5. The van der Waals surface area contributed by atoms with Crippen LogP contribution in [-0.2, 0) is 9.59 Å². The van der Waals surface area contributed by atoms with Crippen LogP contribution >= 0.6 is 0 Å². The van der Waals surface area contributed by atoms with Crippen LogP contribution in [0.2, 0.25) is 0 Å². The molecule has 1 heterocycles. The smallest absolute Gasteiger partial charge is 0.304 e. The number of nitrogens with zero attached hydrogens (tertiary/aromatic N) is 3. The van der Waals surface area contributed by atoms with Gasteiger partial charge in [-0.15, -0.1) is 0 Å². The molecule has 0 atom stereocenters. The minimum Gasteiger partial charge on any atom is -0.481 e. The molecule has 0 aliphatic carbocycles. The third-order valence-corrected chi connectivity index (χ3v) is 3.61. The summed E-state index contributed by atoms with van der Waals surface area (Å²) in [5.41, 5.74) is 0. The first-order valence-electron chi connectivity index (χ1n) is 7.04. The first-order chi connectivity index (χ1) is 9.47. The van der Waals surface area contributed by atoms with Gasteiger partial charge in [-0.25, -0.2) is 0 Å². The van der Waals surface area contributed by atoms with Gasteiger partial charge in [0.15, 0.2) is 0 Å². The monoisotopic (exact) mass is 287 g/mol. The van der Waals surface area contributed by atoms with Crippen molar-refractivity contribution in [3.05, 3.63) is 0 Å². The Morgan fingerprint density at radius 2 is 1.45 bits per heavy atom. The van der Waals surface area contributed by atoms with Crippen molar-refractivity contribution in [3.63, 3.8) is 0 Å². The normalized spacial score (nSPS) is 17.5. The number of rotatable bonds is 9. The van der Waals surface area contributed by atoms with Gasteiger partial charge in [-0.05, 0) is 7.05 Å². The molecule has 1 fully saturated rings. The van der Waals surface area contributed by atoms with Gasteiger partial charge in [-0.2, -0.15) is 0 Å². The van der Waals surface area contributed by atoms with Crippen molar-refractivity contribution in [1.29, 1.82) is 0 Å². The Hall–Kier alpha value is -1.18. The quantitative estimate of drug-likeness (QED) is 0.590. The summed E-state index contributed by atoms with van der Waals surface area (Å²) in [4.78, 5) is 27.8. The Morgan fingerprint density at radius 1 is 0.950 bits per heavy atom. The Morgan fingerprint density at radius 3 is 1.90 bits per heavy atom. The average molecular weight is 287 g/mol. The van der Waals surface area contributed by atoms with E-state index >= 15 is 0 Å². The van der Waals surface area contributed by atoms with Gasteiger partial charge in [0.1, 0.15) is 0 Å². The molecule has 0 unspecified atom stereocenters. The third kappa shape index (κ3) is 7.42. The Bertz CT molecular complexity index is 299. The highest BCUT2D eigenvalue weighted by molar-refractivity contribution is 5.67. The molecule has 7 nitrogen and oxygen atoms in total. The van der Waals surface area contributed by atoms with Gasteiger partial charge in [0.2, 0.25) is 0 Å². The molecule has 0 spiro atoms. The van der Waals surface area contributed by atoms with Crippen LogP contribution < -0.4 is 0 Å². The van der Waals surface area contributed by atoms with Crippen LogP contribution in [0.3, 0.4) is 0 Å². The number of likely N-dealkylation sites (N-methyl/N-ethyl adjacent to an activating group) is 1. The van der Waals surface area contributed by atoms with Crippen LogP contribution in [0.25, 0.3) is 0 Å². The van der Waals surface area contributed by atoms with Gasteiger partial charge >= 0.3 is 11.9 Å². The molecule has 0 aromatic carbocycles. The van der Waals surface area contributed by atoms with Crippen molar-refractivity contribution >= 4 is 11.9 Å². The summed E-state index contributed by atoms with van der Waals surface area (Å²) in [5, 5.41) is 17.5. The van der Waals surface area contributed by atoms with Gasteiger partial charge < -0.3 is 20.0 Å². The van der Waals surface area contributed by atoms with E-state index in [1.807, 2.05) is 4.90 Å². The zero-order valence-electron chi connectivity index (χ0n) is 12.1. The van der Waals surface area contributed by atoms with Gasteiger partial charge in [-0.3, -0.25) is 14.5 Å². The van der Waals surface area contributed by atoms with Gasteiger partial charge in [0, 0.05) is 52.4 Å². The summed E-state index contributed by atoms with van der Waals surface area (Å²) in [5.74, 6) is -1.69. The lowest BCUT2D eigenvalue weighted by molar-refractivity contribution is -0.137. The van der Waals surface area contributed by atoms with Crippen LogP contribution in [-0.4, -0.2) is 96.3 Å². The maximum atomic E-state index is 10.6. The molecule has 1 aliphatic rings. The summed E-state index contributed by atoms with van der Waals surface area (Å²) >= 11 is 0. The molecule has 0 bridgehead atoms. The summed E-state index contributed by atoms with van der Waals surface area (Å²) in [6.45, 7) is 6.54. The number of carbonyl (C=O) groups is 2. The van der Waals surface area contributed by atoms with E-state index in [1.165, 1.54) is 0 Å². The molecule has 7 heteroatoms. The molecule has 1 saturated heterocycles. The third-order valence-electron chi connectivity index (χ3n) is 3.61. The lowest BCUT2D eigenvalue weighted by Gasteiger charge is -2.33. The zero-order valence-corrected chi connectivity index (χ0v) is 12.1.